The Labute approximate surface area is 158 Å². The molecule has 0 saturated heterocycles. The van der Waals surface area contributed by atoms with E-state index in [4.69, 9.17) is 11.6 Å². The summed E-state index contributed by atoms with van der Waals surface area (Å²) in [5, 5.41) is 10.7. The fourth-order valence-electron chi connectivity index (χ4n) is 2.24. The lowest BCUT2D eigenvalue weighted by Gasteiger charge is -2.08. The molecule has 1 aromatic heterocycles. The van der Waals surface area contributed by atoms with Crippen molar-refractivity contribution in [1.29, 1.82) is 0 Å². The van der Waals surface area contributed by atoms with Gasteiger partial charge in [0, 0.05) is 10.6 Å². The van der Waals surface area contributed by atoms with E-state index in [1.807, 2.05) is 30.3 Å². The Balaban J connectivity index is 1.72. The summed E-state index contributed by atoms with van der Waals surface area (Å²) in [6.07, 6.45) is 0. The van der Waals surface area contributed by atoms with Gasteiger partial charge in [-0.15, -0.1) is 11.3 Å². The van der Waals surface area contributed by atoms with E-state index in [0.717, 1.165) is 5.56 Å². The van der Waals surface area contributed by atoms with Crippen LogP contribution in [0.4, 0.5) is 0 Å². The zero-order valence-corrected chi connectivity index (χ0v) is 15.2. The number of hydrogen-bond acceptors (Lipinski definition) is 5. The van der Waals surface area contributed by atoms with Gasteiger partial charge in [0.2, 0.25) is 0 Å². The van der Waals surface area contributed by atoms with Gasteiger partial charge in [-0.1, -0.05) is 41.9 Å². The van der Waals surface area contributed by atoms with E-state index in [1.165, 1.54) is 29.5 Å². The Hall–Kier alpha value is -2.90. The van der Waals surface area contributed by atoms with Crippen LogP contribution in [0.2, 0.25) is 5.02 Å². The molecule has 0 fully saturated rings. The highest BCUT2D eigenvalue weighted by Gasteiger charge is 2.18. The number of nitrogens with zero attached hydrogens (tertiary/aromatic N) is 1. The molecule has 0 unspecified atom stereocenters. The molecule has 1 heterocycles. The molecular weight excluding hydrogens is 374 g/mol. The maximum Gasteiger partial charge on any atom is 0.281 e. The van der Waals surface area contributed by atoms with E-state index < -0.39 is 11.8 Å². The summed E-state index contributed by atoms with van der Waals surface area (Å²) in [6, 6.07) is 13.6. The maximum absolute atomic E-state index is 12.4. The number of aryl methyl sites for hydroxylation is 1. The van der Waals surface area contributed by atoms with Crippen molar-refractivity contribution in [1.82, 2.24) is 15.8 Å². The zero-order chi connectivity index (χ0) is 18.7. The highest BCUT2D eigenvalue weighted by Crippen LogP contribution is 2.27. The van der Waals surface area contributed by atoms with E-state index in [1.54, 1.807) is 6.92 Å². The van der Waals surface area contributed by atoms with E-state index in [2.05, 4.69) is 15.8 Å². The van der Waals surface area contributed by atoms with Gasteiger partial charge >= 0.3 is 0 Å². The van der Waals surface area contributed by atoms with Crippen molar-refractivity contribution in [2.75, 3.05) is 0 Å². The van der Waals surface area contributed by atoms with E-state index in [-0.39, 0.29) is 11.3 Å². The normalized spacial score (nSPS) is 10.4. The van der Waals surface area contributed by atoms with Crippen molar-refractivity contribution < 1.29 is 14.7 Å². The topological polar surface area (TPSA) is 91.3 Å². The van der Waals surface area contributed by atoms with Crippen LogP contribution in [0.1, 0.15) is 25.7 Å². The minimum atomic E-state index is -0.677. The monoisotopic (exact) mass is 387 g/mol. The Bertz CT molecular complexity index is 973. The van der Waals surface area contributed by atoms with Gasteiger partial charge in [-0.2, -0.15) is 0 Å². The Morgan fingerprint density at radius 2 is 1.77 bits per heavy atom. The second-order valence-electron chi connectivity index (χ2n) is 5.37. The van der Waals surface area contributed by atoms with Crippen LogP contribution in [-0.2, 0) is 0 Å². The number of hydrogen-bond donors (Lipinski definition) is 3. The summed E-state index contributed by atoms with van der Waals surface area (Å²) in [5.41, 5.74) is 6.02. The van der Waals surface area contributed by atoms with Gasteiger partial charge in [-0.3, -0.25) is 20.4 Å². The number of aromatic nitrogens is 1. The number of benzene rings is 2. The van der Waals surface area contributed by atoms with Gasteiger partial charge in [-0.05, 0) is 25.1 Å². The number of aromatic hydroxyl groups is 1. The molecule has 8 heteroatoms. The number of carbonyl (C=O) groups is 2. The number of thiazole rings is 1. The lowest BCUT2D eigenvalue weighted by Crippen LogP contribution is -2.41. The first-order chi connectivity index (χ1) is 12.5. The lowest BCUT2D eigenvalue weighted by molar-refractivity contribution is 0.0846. The highest BCUT2D eigenvalue weighted by atomic mass is 35.5. The lowest BCUT2D eigenvalue weighted by atomic mass is 10.2. The first-order valence-corrected chi connectivity index (χ1v) is 8.77. The smallest absolute Gasteiger partial charge is 0.281 e. The third-order valence-electron chi connectivity index (χ3n) is 3.52. The average molecular weight is 388 g/mol. The van der Waals surface area contributed by atoms with Crippen LogP contribution in [0.5, 0.6) is 5.75 Å². The Morgan fingerprint density at radius 1 is 1.08 bits per heavy atom. The highest BCUT2D eigenvalue weighted by molar-refractivity contribution is 7.17. The van der Waals surface area contributed by atoms with E-state index >= 15 is 0 Å². The molecule has 3 N–H and O–H groups in total. The Morgan fingerprint density at radius 3 is 2.50 bits per heavy atom. The van der Waals surface area contributed by atoms with Gasteiger partial charge < -0.3 is 5.11 Å². The molecule has 0 aliphatic heterocycles. The van der Waals surface area contributed by atoms with Crippen LogP contribution in [0, 0.1) is 6.92 Å². The quantitative estimate of drug-likeness (QED) is 0.599. The third kappa shape index (κ3) is 3.84. The van der Waals surface area contributed by atoms with Crippen LogP contribution < -0.4 is 10.9 Å². The number of rotatable bonds is 3. The summed E-state index contributed by atoms with van der Waals surface area (Å²) in [4.78, 5) is 29.3. The number of nitrogens with one attached hydrogen (secondary N) is 2. The summed E-state index contributed by atoms with van der Waals surface area (Å²) in [6.45, 7) is 1.72. The largest absolute Gasteiger partial charge is 0.507 e. The van der Waals surface area contributed by atoms with Crippen molar-refractivity contribution in [3.05, 3.63) is 69.7 Å². The fourth-order valence-corrected chi connectivity index (χ4v) is 3.38. The molecule has 0 bridgehead atoms. The van der Waals surface area contributed by atoms with Crippen molar-refractivity contribution in [2.45, 2.75) is 6.92 Å². The van der Waals surface area contributed by atoms with Crippen LogP contribution in [0.25, 0.3) is 10.6 Å². The number of phenols is 1. The van der Waals surface area contributed by atoms with Gasteiger partial charge in [0.1, 0.15) is 15.6 Å². The van der Waals surface area contributed by atoms with Gasteiger partial charge in [0.25, 0.3) is 11.8 Å². The first kappa shape index (κ1) is 17.9. The number of phenolic OH excluding ortho intramolecular Hbond substituents is 1. The second kappa shape index (κ2) is 7.55. The molecule has 2 amide bonds. The third-order valence-corrected chi connectivity index (χ3v) is 4.96. The number of hydrazine groups is 1. The van der Waals surface area contributed by atoms with Gasteiger partial charge in [0.05, 0.1) is 11.3 Å². The molecule has 3 aromatic rings. The molecule has 0 aliphatic carbocycles. The molecule has 0 saturated carbocycles. The van der Waals surface area contributed by atoms with Gasteiger partial charge in [-0.25, -0.2) is 4.98 Å². The zero-order valence-electron chi connectivity index (χ0n) is 13.6. The molecule has 2 aromatic carbocycles. The molecule has 132 valence electrons. The van der Waals surface area contributed by atoms with Crippen LogP contribution >= 0.6 is 22.9 Å². The van der Waals surface area contributed by atoms with Gasteiger partial charge in [0.15, 0.2) is 0 Å². The Kier molecular flexibility index (Phi) is 5.20. The molecule has 6 nitrogen and oxygen atoms in total. The summed E-state index contributed by atoms with van der Waals surface area (Å²) in [7, 11) is 0. The fraction of sp³-hybridized carbons (Fsp3) is 0.0556. The molecular formula is C18H14ClN3O3S. The average Bonchev–Trinajstić information content (AvgIpc) is 3.04. The summed E-state index contributed by atoms with van der Waals surface area (Å²) < 4.78 is 0. The van der Waals surface area contributed by atoms with Crippen LogP contribution in [-0.4, -0.2) is 21.9 Å². The predicted molar refractivity (Wildman–Crippen MR) is 100 cm³/mol. The molecule has 0 atom stereocenters. The summed E-state index contributed by atoms with van der Waals surface area (Å²) in [5.74, 6) is -1.40. The molecule has 0 aliphatic rings. The number of amides is 2. The van der Waals surface area contributed by atoms with Crippen molar-refractivity contribution in [2.24, 2.45) is 0 Å². The second-order valence-corrected chi connectivity index (χ2v) is 6.80. The van der Waals surface area contributed by atoms with Crippen molar-refractivity contribution in [3.8, 4) is 16.3 Å². The maximum atomic E-state index is 12.4. The van der Waals surface area contributed by atoms with Crippen molar-refractivity contribution in [3.63, 3.8) is 0 Å². The summed E-state index contributed by atoms with van der Waals surface area (Å²) >= 11 is 7.05. The first-order valence-electron chi connectivity index (χ1n) is 7.58. The molecule has 26 heavy (non-hydrogen) atoms. The van der Waals surface area contributed by atoms with Crippen molar-refractivity contribution >= 4 is 34.8 Å². The predicted octanol–water partition coefficient (Wildman–Crippen LogP) is 3.55. The minimum absolute atomic E-state index is 0.0381. The number of halogens is 1. The van der Waals surface area contributed by atoms with Crippen LogP contribution in [0.15, 0.2) is 48.5 Å². The molecule has 0 spiro atoms. The molecule has 0 radical (unpaired) electrons. The standard InChI is InChI=1S/C18H14ClN3O3S/c1-10-15(26-18(20-10)11-5-3-2-4-6-11)17(25)22-21-16(24)13-9-12(19)7-8-14(13)23/h2-9,23H,1H3,(H,21,24)(H,22,25). The van der Waals surface area contributed by atoms with Crippen LogP contribution in [0.3, 0.4) is 0 Å². The van der Waals surface area contributed by atoms with E-state index in [0.29, 0.717) is 20.6 Å². The minimum Gasteiger partial charge on any atom is -0.507 e. The van der Waals surface area contributed by atoms with E-state index in [9.17, 15) is 14.7 Å². The SMILES string of the molecule is Cc1nc(-c2ccccc2)sc1C(=O)NNC(=O)c1cc(Cl)ccc1O. The molecule has 3 rings (SSSR count). The number of carbonyl (C=O) groups excluding carboxylic acids is 2.